The molecule has 2 saturated heterocycles. The first-order valence-electron chi connectivity index (χ1n) is 19.4. The van der Waals surface area contributed by atoms with Crippen molar-refractivity contribution in [3.63, 3.8) is 0 Å². The van der Waals surface area contributed by atoms with Gasteiger partial charge in [0.2, 0.25) is 5.95 Å². The molecule has 11 nitrogen and oxygen atoms in total. The molecule has 0 radical (unpaired) electrons. The van der Waals surface area contributed by atoms with E-state index in [-0.39, 0.29) is 31.1 Å². The summed E-state index contributed by atoms with van der Waals surface area (Å²) in [4.78, 5) is 42.2. The lowest BCUT2D eigenvalue weighted by atomic mass is 9.88. The standard InChI is InChI=1S/C40H61N5O6/c1-29(34-19-21-41-38(42-34)44-22-9-10-23-44)12-11-13-30(2)37-31(3)16-17-35(40(4,49)20-18-33(46)28-36(47)51-37)50-39(48)45-26-24-43(25-27-45)32-14-7-5-6-8-15-32/h11-13,16-17,19,21,29,31-33,35,37,46,49H,5-10,14-15,18,20,22-28H2,1-4H3/b12-11+,17-16+,30-13+/t29?,31-,33-,35-,37+,40-/m0/s1. The second kappa shape index (κ2) is 18.5. The lowest BCUT2D eigenvalue weighted by molar-refractivity contribution is -0.151. The number of amides is 1. The van der Waals surface area contributed by atoms with E-state index in [1.807, 2.05) is 44.3 Å². The molecule has 4 heterocycles. The molecule has 3 aliphatic heterocycles. The van der Waals surface area contributed by atoms with Gasteiger partial charge in [-0.2, -0.15) is 0 Å². The second-order valence-electron chi connectivity index (χ2n) is 15.4. The van der Waals surface area contributed by atoms with Crippen molar-refractivity contribution in [2.45, 2.75) is 134 Å². The molecule has 2 N–H and O–H groups in total. The first-order chi connectivity index (χ1) is 24.5. The number of ether oxygens (including phenoxy) is 2. The Balaban J connectivity index is 1.26. The minimum Gasteiger partial charge on any atom is -0.457 e. The Labute approximate surface area is 304 Å². The number of aliphatic hydroxyl groups excluding tert-OH is 1. The topological polar surface area (TPSA) is 129 Å². The smallest absolute Gasteiger partial charge is 0.410 e. The number of aliphatic hydroxyl groups is 2. The van der Waals surface area contributed by atoms with E-state index in [0.29, 0.717) is 19.1 Å². The maximum Gasteiger partial charge on any atom is 0.410 e. The highest BCUT2D eigenvalue weighted by atomic mass is 16.6. The molecule has 3 fully saturated rings. The number of nitrogens with zero attached hydrogens (tertiary/aromatic N) is 5. The van der Waals surface area contributed by atoms with Gasteiger partial charge in [0.15, 0.2) is 6.10 Å². The number of esters is 1. The highest BCUT2D eigenvalue weighted by molar-refractivity contribution is 5.70. The third-order valence-corrected chi connectivity index (χ3v) is 11.2. The van der Waals surface area contributed by atoms with Crippen molar-refractivity contribution >= 4 is 18.0 Å². The fourth-order valence-corrected chi connectivity index (χ4v) is 7.78. The maximum absolute atomic E-state index is 13.5. The number of rotatable bonds is 7. The predicted molar refractivity (Wildman–Crippen MR) is 198 cm³/mol. The van der Waals surface area contributed by atoms with E-state index in [1.54, 1.807) is 17.9 Å². The third-order valence-electron chi connectivity index (χ3n) is 11.2. The molecule has 0 bridgehead atoms. The van der Waals surface area contributed by atoms with Crippen LogP contribution in [0.2, 0.25) is 0 Å². The zero-order valence-corrected chi connectivity index (χ0v) is 31.3. The van der Waals surface area contributed by atoms with E-state index in [9.17, 15) is 19.8 Å². The summed E-state index contributed by atoms with van der Waals surface area (Å²) < 4.78 is 12.0. The minimum atomic E-state index is -1.45. The summed E-state index contributed by atoms with van der Waals surface area (Å²) in [6, 6.07) is 2.53. The molecule has 1 saturated carbocycles. The number of piperazine rings is 1. The zero-order chi connectivity index (χ0) is 36.4. The highest BCUT2D eigenvalue weighted by Crippen LogP contribution is 2.29. The summed E-state index contributed by atoms with van der Waals surface area (Å²) in [5.41, 5.74) is 0.307. The molecule has 0 spiro atoms. The summed E-state index contributed by atoms with van der Waals surface area (Å²) >= 11 is 0. The monoisotopic (exact) mass is 707 g/mol. The molecule has 51 heavy (non-hydrogen) atoms. The van der Waals surface area contributed by atoms with Crippen LogP contribution in [0.5, 0.6) is 0 Å². The molecule has 4 aliphatic rings. The number of carbonyl (C=O) groups excluding carboxylic acids is 2. The first kappa shape index (κ1) is 38.9. The van der Waals surface area contributed by atoms with Crippen LogP contribution >= 0.6 is 0 Å². The molecule has 282 valence electrons. The van der Waals surface area contributed by atoms with Crippen LogP contribution < -0.4 is 4.90 Å². The molecule has 5 rings (SSSR count). The van der Waals surface area contributed by atoms with Gasteiger partial charge in [0.05, 0.1) is 18.2 Å². The van der Waals surface area contributed by atoms with E-state index in [2.05, 4.69) is 27.8 Å². The minimum absolute atomic E-state index is 0.0437. The molecular formula is C40H61N5O6. The quantitative estimate of drug-likeness (QED) is 0.152. The number of aromatic nitrogens is 2. The van der Waals surface area contributed by atoms with Gasteiger partial charge >= 0.3 is 12.1 Å². The van der Waals surface area contributed by atoms with Crippen molar-refractivity contribution in [2.75, 3.05) is 44.2 Å². The van der Waals surface area contributed by atoms with E-state index in [0.717, 1.165) is 56.2 Å². The van der Waals surface area contributed by atoms with Crippen molar-refractivity contribution in [3.8, 4) is 0 Å². The van der Waals surface area contributed by atoms with Crippen LogP contribution in [0.3, 0.4) is 0 Å². The zero-order valence-electron chi connectivity index (χ0n) is 31.3. The number of cyclic esters (lactones) is 1. The molecule has 1 amide bonds. The van der Waals surface area contributed by atoms with Crippen LogP contribution in [-0.2, 0) is 14.3 Å². The number of allylic oxidation sites excluding steroid dienone is 3. The summed E-state index contributed by atoms with van der Waals surface area (Å²) in [7, 11) is 0. The fourth-order valence-electron chi connectivity index (χ4n) is 7.78. The number of hydrogen-bond acceptors (Lipinski definition) is 10. The van der Waals surface area contributed by atoms with Gasteiger partial charge in [-0.1, -0.05) is 63.8 Å². The van der Waals surface area contributed by atoms with E-state index < -0.39 is 36.0 Å². The van der Waals surface area contributed by atoms with Gasteiger partial charge in [-0.15, -0.1) is 0 Å². The average Bonchev–Trinajstić information content (AvgIpc) is 3.53. The van der Waals surface area contributed by atoms with Crippen molar-refractivity contribution in [1.82, 2.24) is 19.8 Å². The first-order valence-corrected chi connectivity index (χ1v) is 19.4. The molecule has 1 aliphatic carbocycles. The van der Waals surface area contributed by atoms with Crippen molar-refractivity contribution < 1.29 is 29.3 Å². The summed E-state index contributed by atoms with van der Waals surface area (Å²) in [5, 5.41) is 22.3. The van der Waals surface area contributed by atoms with Gasteiger partial charge in [0.1, 0.15) is 11.7 Å². The second-order valence-corrected chi connectivity index (χ2v) is 15.4. The van der Waals surface area contributed by atoms with Crippen LogP contribution in [0.4, 0.5) is 10.7 Å². The highest BCUT2D eigenvalue weighted by Gasteiger charge is 2.37. The summed E-state index contributed by atoms with van der Waals surface area (Å²) in [6.07, 6.45) is 18.4. The van der Waals surface area contributed by atoms with Crippen LogP contribution in [0, 0.1) is 5.92 Å². The third kappa shape index (κ3) is 11.1. The lowest BCUT2D eigenvalue weighted by Gasteiger charge is -2.40. The van der Waals surface area contributed by atoms with Gasteiger partial charge in [0, 0.05) is 63.3 Å². The summed E-state index contributed by atoms with van der Waals surface area (Å²) in [5.74, 6) is 0.00897. The van der Waals surface area contributed by atoms with Crippen LogP contribution in [0.15, 0.2) is 48.2 Å². The normalized spacial score (nSPS) is 31.0. The van der Waals surface area contributed by atoms with Crippen molar-refractivity contribution in [1.29, 1.82) is 0 Å². The molecule has 11 heteroatoms. The predicted octanol–water partition coefficient (Wildman–Crippen LogP) is 5.93. The van der Waals surface area contributed by atoms with Crippen LogP contribution in [-0.4, -0.2) is 111 Å². The molecule has 1 aromatic heterocycles. The molecule has 1 aromatic rings. The Bertz CT molecular complexity index is 1370. The Morgan fingerprint density at radius 1 is 1.04 bits per heavy atom. The Kier molecular flexibility index (Phi) is 14.1. The lowest BCUT2D eigenvalue weighted by Crippen LogP contribution is -2.53. The van der Waals surface area contributed by atoms with E-state index >= 15 is 0 Å². The van der Waals surface area contributed by atoms with Gasteiger partial charge in [-0.25, -0.2) is 14.8 Å². The van der Waals surface area contributed by atoms with Crippen molar-refractivity contribution in [3.05, 3.63) is 53.9 Å². The molecular weight excluding hydrogens is 646 g/mol. The van der Waals surface area contributed by atoms with Gasteiger partial charge < -0.3 is 29.5 Å². The number of carbonyl (C=O) groups is 2. The molecule has 6 atom stereocenters. The largest absolute Gasteiger partial charge is 0.457 e. The molecule has 0 aromatic carbocycles. The van der Waals surface area contributed by atoms with Gasteiger partial charge in [0.25, 0.3) is 0 Å². The van der Waals surface area contributed by atoms with Gasteiger partial charge in [-0.05, 0) is 70.1 Å². The Morgan fingerprint density at radius 3 is 2.45 bits per heavy atom. The van der Waals surface area contributed by atoms with E-state index in [4.69, 9.17) is 14.5 Å². The summed E-state index contributed by atoms with van der Waals surface area (Å²) in [6.45, 7) is 12.4. The maximum atomic E-state index is 13.5. The molecule has 1 unspecified atom stereocenters. The van der Waals surface area contributed by atoms with Gasteiger partial charge in [-0.3, -0.25) is 9.69 Å². The number of anilines is 1. The SMILES string of the molecule is C/C(=C\C=C\C(C)c1ccnc(N2CCCC2)n1)[C@H]1OC(=O)C[C@@H](O)CC[C@](C)(O)[C@@H](OC(=O)N2CCN(C3CCCCCC3)CC2)/C=C/[C@@H]1C. The van der Waals surface area contributed by atoms with Crippen LogP contribution in [0.1, 0.15) is 110 Å². The Hall–Kier alpha value is -3.28. The van der Waals surface area contributed by atoms with Crippen LogP contribution in [0.25, 0.3) is 0 Å². The fraction of sp³-hybridized carbons (Fsp3) is 0.700. The van der Waals surface area contributed by atoms with Crippen molar-refractivity contribution in [2.24, 2.45) is 5.92 Å². The average molecular weight is 708 g/mol. The van der Waals surface area contributed by atoms with E-state index in [1.165, 1.54) is 38.5 Å². The number of hydrogen-bond donors (Lipinski definition) is 2. The Morgan fingerprint density at radius 2 is 1.75 bits per heavy atom.